The summed E-state index contributed by atoms with van der Waals surface area (Å²) < 4.78 is 13.0. The fraction of sp³-hybridized carbons (Fsp3) is 1.00. The Bertz CT molecular complexity index is 290. The van der Waals surface area contributed by atoms with Crippen molar-refractivity contribution in [3.8, 4) is 0 Å². The Morgan fingerprint density at radius 3 is 2.42 bits per heavy atom. The zero-order valence-corrected chi connectivity index (χ0v) is 11.3. The standard InChI is InChI=1S/C13H26O6/c1-2-3-4-5-6-7-13(18)12(17)11(16)10(15)9(8-14)19-13/h9-12,14-18H,2-8H2,1H3/t9-,10-,11+,12-,13?/m1/s1/i6D/t6?,9-,10-,11+,12-,13?. The molecule has 19 heavy (non-hydrogen) atoms. The summed E-state index contributed by atoms with van der Waals surface area (Å²) in [6.45, 7) is 1.45. The van der Waals surface area contributed by atoms with Gasteiger partial charge in [0.15, 0.2) is 5.79 Å². The van der Waals surface area contributed by atoms with Crippen molar-refractivity contribution in [2.75, 3.05) is 6.61 Å². The van der Waals surface area contributed by atoms with Crippen molar-refractivity contribution in [1.82, 2.24) is 0 Å². The van der Waals surface area contributed by atoms with Crippen LogP contribution in [0.4, 0.5) is 0 Å². The molecule has 0 aliphatic carbocycles. The van der Waals surface area contributed by atoms with E-state index in [0.717, 1.165) is 19.3 Å². The minimum absolute atomic E-state index is 0.182. The molecule has 0 bridgehead atoms. The van der Waals surface area contributed by atoms with Crippen molar-refractivity contribution >= 4 is 0 Å². The molecular formula is C13H26O6. The van der Waals surface area contributed by atoms with Crippen LogP contribution in [0.2, 0.25) is 0 Å². The summed E-state index contributed by atoms with van der Waals surface area (Å²) in [6, 6.07) is 0. The molecule has 1 rings (SSSR count). The van der Waals surface area contributed by atoms with Crippen molar-refractivity contribution in [2.45, 2.75) is 75.6 Å². The van der Waals surface area contributed by atoms with Gasteiger partial charge in [-0.3, -0.25) is 0 Å². The van der Waals surface area contributed by atoms with E-state index in [2.05, 4.69) is 0 Å². The summed E-state index contributed by atoms with van der Waals surface area (Å²) in [5.41, 5.74) is 0. The van der Waals surface area contributed by atoms with Crippen molar-refractivity contribution in [1.29, 1.82) is 0 Å². The van der Waals surface area contributed by atoms with Crippen LogP contribution in [0.15, 0.2) is 0 Å². The molecule has 1 fully saturated rings. The van der Waals surface area contributed by atoms with E-state index in [1.807, 2.05) is 6.92 Å². The van der Waals surface area contributed by atoms with Crippen LogP contribution >= 0.6 is 0 Å². The monoisotopic (exact) mass is 279 g/mol. The zero-order chi connectivity index (χ0) is 15.3. The number of unbranched alkanes of at least 4 members (excludes halogenated alkanes) is 2. The fourth-order valence-electron chi connectivity index (χ4n) is 2.24. The summed E-state index contributed by atoms with van der Waals surface area (Å²) in [7, 11) is 0. The summed E-state index contributed by atoms with van der Waals surface area (Å²) >= 11 is 0. The molecule has 1 aliphatic heterocycles. The molecule has 6 atom stereocenters. The van der Waals surface area contributed by atoms with E-state index >= 15 is 0 Å². The minimum atomic E-state index is -2.12. The molecule has 6 nitrogen and oxygen atoms in total. The molecule has 0 aromatic rings. The largest absolute Gasteiger partial charge is 0.394 e. The lowest BCUT2D eigenvalue weighted by molar-refractivity contribution is -0.351. The van der Waals surface area contributed by atoms with E-state index in [1.54, 1.807) is 0 Å². The Hall–Kier alpha value is -0.240. The van der Waals surface area contributed by atoms with Crippen molar-refractivity contribution < 1.29 is 31.6 Å². The van der Waals surface area contributed by atoms with Gasteiger partial charge in [0.25, 0.3) is 0 Å². The smallest absolute Gasteiger partial charge is 0.195 e. The normalized spacial score (nSPS) is 41.9. The number of hydrogen-bond acceptors (Lipinski definition) is 6. The number of aliphatic hydroxyl groups is 5. The van der Waals surface area contributed by atoms with Crippen LogP contribution in [-0.2, 0) is 4.74 Å². The predicted molar refractivity (Wildman–Crippen MR) is 68.3 cm³/mol. The lowest BCUT2D eigenvalue weighted by Crippen LogP contribution is -2.65. The van der Waals surface area contributed by atoms with Crippen LogP contribution in [0.1, 0.15) is 46.8 Å². The maximum Gasteiger partial charge on any atom is 0.195 e. The second-order valence-corrected chi connectivity index (χ2v) is 5.10. The van der Waals surface area contributed by atoms with Crippen molar-refractivity contribution in [3.63, 3.8) is 0 Å². The zero-order valence-electron chi connectivity index (χ0n) is 12.3. The highest BCUT2D eigenvalue weighted by Gasteiger charge is 2.51. The van der Waals surface area contributed by atoms with Gasteiger partial charge in [-0.2, -0.15) is 0 Å². The average molecular weight is 279 g/mol. The first-order chi connectivity index (χ1) is 9.35. The van der Waals surface area contributed by atoms with Gasteiger partial charge in [-0.05, 0) is 6.40 Å². The SMILES string of the molecule is [2H]C(CCCCC)CC1(O)O[C@H](CO)[C@@H](O)[C@H](O)[C@H]1O. The third kappa shape index (κ3) is 4.11. The molecule has 5 N–H and O–H groups in total. The van der Waals surface area contributed by atoms with Crippen LogP contribution in [0.25, 0.3) is 0 Å². The molecule has 0 amide bonds. The molecule has 6 heteroatoms. The van der Waals surface area contributed by atoms with Gasteiger partial charge in [-0.25, -0.2) is 0 Å². The Morgan fingerprint density at radius 1 is 1.16 bits per heavy atom. The lowest BCUT2D eigenvalue weighted by atomic mass is 9.89. The molecule has 0 radical (unpaired) electrons. The number of rotatable bonds is 7. The van der Waals surface area contributed by atoms with Gasteiger partial charge in [0.05, 0.1) is 6.61 Å². The molecule has 0 aromatic carbocycles. The number of hydrogen-bond donors (Lipinski definition) is 5. The first kappa shape index (κ1) is 15.2. The fourth-order valence-corrected chi connectivity index (χ4v) is 2.24. The topological polar surface area (TPSA) is 110 Å². The molecule has 0 saturated carbocycles. The molecule has 2 unspecified atom stereocenters. The maximum absolute atomic E-state index is 10.3. The third-order valence-corrected chi connectivity index (χ3v) is 3.50. The Morgan fingerprint density at radius 2 is 1.84 bits per heavy atom. The van der Waals surface area contributed by atoms with E-state index in [1.165, 1.54) is 0 Å². The first-order valence-electron chi connectivity index (χ1n) is 7.41. The van der Waals surface area contributed by atoms with E-state index < -0.39 is 43.2 Å². The molecule has 1 heterocycles. The van der Waals surface area contributed by atoms with Crippen LogP contribution in [0, 0.1) is 0 Å². The highest BCUT2D eigenvalue weighted by atomic mass is 16.7. The molecule has 0 spiro atoms. The van der Waals surface area contributed by atoms with Crippen LogP contribution in [0.3, 0.4) is 0 Å². The van der Waals surface area contributed by atoms with E-state index in [-0.39, 0.29) is 6.42 Å². The summed E-state index contributed by atoms with van der Waals surface area (Å²) in [5, 5.41) is 48.5. The summed E-state index contributed by atoms with van der Waals surface area (Å²) in [4.78, 5) is 0. The van der Waals surface area contributed by atoms with Gasteiger partial charge in [-0.1, -0.05) is 32.6 Å². The van der Waals surface area contributed by atoms with Gasteiger partial charge in [0.1, 0.15) is 24.4 Å². The first-order valence-corrected chi connectivity index (χ1v) is 6.83. The summed E-state index contributed by atoms with van der Waals surface area (Å²) in [5.74, 6) is -2.12. The molecule has 1 aliphatic rings. The Kier molecular flexibility index (Phi) is 6.00. The van der Waals surface area contributed by atoms with Crippen LogP contribution in [-0.4, -0.2) is 62.3 Å². The van der Waals surface area contributed by atoms with Crippen LogP contribution < -0.4 is 0 Å². The van der Waals surface area contributed by atoms with Gasteiger partial charge in [0.2, 0.25) is 0 Å². The average Bonchev–Trinajstić information content (AvgIpc) is 2.41. The van der Waals surface area contributed by atoms with Gasteiger partial charge in [0, 0.05) is 7.79 Å². The van der Waals surface area contributed by atoms with Gasteiger partial charge < -0.3 is 30.3 Å². The second kappa shape index (κ2) is 7.52. The van der Waals surface area contributed by atoms with Crippen molar-refractivity contribution in [3.05, 3.63) is 0 Å². The lowest BCUT2D eigenvalue weighted by Gasteiger charge is -2.45. The molecule has 114 valence electrons. The molecule has 0 aromatic heterocycles. The highest BCUT2D eigenvalue weighted by Crippen LogP contribution is 2.32. The highest BCUT2D eigenvalue weighted by molar-refractivity contribution is 4.95. The van der Waals surface area contributed by atoms with E-state index in [9.17, 15) is 20.4 Å². The van der Waals surface area contributed by atoms with Gasteiger partial charge >= 0.3 is 0 Å². The maximum atomic E-state index is 10.3. The molecular weight excluding hydrogens is 252 g/mol. The quantitative estimate of drug-likeness (QED) is 0.402. The van der Waals surface area contributed by atoms with Crippen LogP contribution in [0.5, 0.6) is 0 Å². The molecule has 1 saturated heterocycles. The Balaban J connectivity index is 2.64. The second-order valence-electron chi connectivity index (χ2n) is 5.10. The van der Waals surface area contributed by atoms with E-state index in [4.69, 9.17) is 11.2 Å². The van der Waals surface area contributed by atoms with Crippen molar-refractivity contribution in [2.24, 2.45) is 0 Å². The Labute approximate surface area is 115 Å². The predicted octanol–water partition coefficient (Wildman–Crippen LogP) is -0.491. The number of aliphatic hydroxyl groups excluding tert-OH is 4. The van der Waals surface area contributed by atoms with E-state index in [0.29, 0.717) is 6.42 Å². The van der Waals surface area contributed by atoms with Gasteiger partial charge in [-0.15, -0.1) is 0 Å². The third-order valence-electron chi connectivity index (χ3n) is 3.50. The summed E-state index contributed by atoms with van der Waals surface area (Å²) in [6.07, 6.45) is -3.42. The minimum Gasteiger partial charge on any atom is -0.394 e. The number of ether oxygens (including phenoxy) is 1.